The lowest BCUT2D eigenvalue weighted by molar-refractivity contribution is -0.384. The van der Waals surface area contributed by atoms with Crippen molar-refractivity contribution in [2.75, 3.05) is 0 Å². The van der Waals surface area contributed by atoms with Crippen molar-refractivity contribution in [1.82, 2.24) is 10.2 Å². The second-order valence-corrected chi connectivity index (χ2v) is 7.71. The van der Waals surface area contributed by atoms with Gasteiger partial charge in [0, 0.05) is 18.2 Å². The number of amides is 4. The number of rotatable bonds is 6. The molecule has 4 rings (SSSR count). The molecule has 0 unspecified atom stereocenters. The molecule has 1 aliphatic carbocycles. The van der Waals surface area contributed by atoms with Crippen molar-refractivity contribution in [2.45, 2.75) is 38.3 Å². The number of barbiturate groups is 1. The Morgan fingerprint density at radius 2 is 1.69 bits per heavy atom. The number of ether oxygens (including phenoxy) is 1. The molecule has 1 saturated carbocycles. The maximum absolute atomic E-state index is 12.8. The van der Waals surface area contributed by atoms with Gasteiger partial charge in [0.1, 0.15) is 17.9 Å². The van der Waals surface area contributed by atoms with Crippen molar-refractivity contribution in [2.24, 2.45) is 0 Å². The third-order valence-corrected chi connectivity index (χ3v) is 5.57. The molecular weight excluding hydrogens is 414 g/mol. The molecular formula is C23H21N3O6. The lowest BCUT2D eigenvalue weighted by atomic mass is 10.1. The second kappa shape index (κ2) is 9.01. The summed E-state index contributed by atoms with van der Waals surface area (Å²) in [5, 5.41) is 13.0. The minimum absolute atomic E-state index is 0.0145. The van der Waals surface area contributed by atoms with Gasteiger partial charge >= 0.3 is 6.03 Å². The normalized spacial score (nSPS) is 18.2. The van der Waals surface area contributed by atoms with Crippen LogP contribution in [-0.2, 0) is 16.2 Å². The molecule has 2 fully saturated rings. The fraction of sp³-hybridized carbons (Fsp3) is 0.261. The zero-order valence-electron chi connectivity index (χ0n) is 17.2. The summed E-state index contributed by atoms with van der Waals surface area (Å²) in [5.41, 5.74) is 1.34. The number of carbonyl (C=O) groups excluding carboxylic acids is 3. The van der Waals surface area contributed by atoms with Gasteiger partial charge in [0.15, 0.2) is 0 Å². The van der Waals surface area contributed by atoms with Gasteiger partial charge in [-0.05, 0) is 54.3 Å². The highest BCUT2D eigenvalue weighted by molar-refractivity contribution is 6.31. The van der Waals surface area contributed by atoms with Gasteiger partial charge in [-0.2, -0.15) is 0 Å². The minimum atomic E-state index is -0.701. The molecule has 1 aliphatic heterocycles. The number of non-ortho nitro benzene ring substituents is 1. The molecule has 0 aromatic heterocycles. The molecule has 2 aliphatic rings. The molecule has 1 heterocycles. The first kappa shape index (κ1) is 21.2. The number of carbonyl (C=O) groups is 3. The number of hydrogen-bond donors (Lipinski definition) is 1. The molecule has 9 heteroatoms. The van der Waals surface area contributed by atoms with Gasteiger partial charge in [-0.3, -0.25) is 29.9 Å². The Balaban J connectivity index is 1.43. The molecule has 4 amide bonds. The van der Waals surface area contributed by atoms with Gasteiger partial charge in [-0.15, -0.1) is 0 Å². The summed E-state index contributed by atoms with van der Waals surface area (Å²) >= 11 is 0. The van der Waals surface area contributed by atoms with E-state index in [1.807, 2.05) is 0 Å². The monoisotopic (exact) mass is 435 g/mol. The van der Waals surface area contributed by atoms with Crippen LogP contribution in [-0.4, -0.2) is 33.7 Å². The first-order valence-corrected chi connectivity index (χ1v) is 10.3. The zero-order chi connectivity index (χ0) is 22.7. The van der Waals surface area contributed by atoms with Crippen LogP contribution in [0.1, 0.15) is 36.8 Å². The van der Waals surface area contributed by atoms with Crippen molar-refractivity contribution < 1.29 is 24.0 Å². The van der Waals surface area contributed by atoms with Crippen LogP contribution in [0.25, 0.3) is 6.08 Å². The number of hydrogen-bond acceptors (Lipinski definition) is 6. The average Bonchev–Trinajstić information content (AvgIpc) is 3.30. The van der Waals surface area contributed by atoms with Crippen LogP contribution in [0.5, 0.6) is 5.75 Å². The predicted molar refractivity (Wildman–Crippen MR) is 114 cm³/mol. The van der Waals surface area contributed by atoms with E-state index < -0.39 is 22.8 Å². The van der Waals surface area contributed by atoms with Crippen LogP contribution in [0, 0.1) is 10.1 Å². The number of nitro groups is 1. The van der Waals surface area contributed by atoms with E-state index in [2.05, 4.69) is 5.32 Å². The molecule has 0 atom stereocenters. The summed E-state index contributed by atoms with van der Waals surface area (Å²) in [6, 6.07) is 12.1. The molecule has 32 heavy (non-hydrogen) atoms. The maximum Gasteiger partial charge on any atom is 0.331 e. The van der Waals surface area contributed by atoms with Gasteiger partial charge in [0.2, 0.25) is 0 Å². The Labute approximate surface area is 183 Å². The third-order valence-electron chi connectivity index (χ3n) is 5.57. The molecule has 0 radical (unpaired) electrons. The van der Waals surface area contributed by atoms with Crippen LogP contribution in [0.2, 0.25) is 0 Å². The van der Waals surface area contributed by atoms with Crippen molar-refractivity contribution in [3.05, 3.63) is 75.3 Å². The summed E-state index contributed by atoms with van der Waals surface area (Å²) in [5.74, 6) is -0.704. The Hall–Kier alpha value is -4.01. The Kier molecular flexibility index (Phi) is 5.98. The lowest BCUT2D eigenvalue weighted by Gasteiger charge is -2.31. The summed E-state index contributed by atoms with van der Waals surface area (Å²) in [6.07, 6.45) is 4.88. The molecule has 2 aromatic carbocycles. The van der Waals surface area contributed by atoms with Gasteiger partial charge in [0.25, 0.3) is 17.5 Å². The standard InChI is InChI=1S/C23H21N3O6/c27-21-20(22(28)25(23(29)24-21)17-3-1-2-4-17)13-15-7-11-19(12-8-15)32-14-16-5-9-18(10-6-16)26(30)31/h5-13,17H,1-4,14H2,(H,24,27,29)/b20-13+. The highest BCUT2D eigenvalue weighted by atomic mass is 16.6. The summed E-state index contributed by atoms with van der Waals surface area (Å²) < 4.78 is 5.69. The van der Waals surface area contributed by atoms with Crippen LogP contribution in [0.4, 0.5) is 10.5 Å². The zero-order valence-corrected chi connectivity index (χ0v) is 17.2. The highest BCUT2D eigenvalue weighted by Crippen LogP contribution is 2.27. The van der Waals surface area contributed by atoms with E-state index in [-0.39, 0.29) is 23.9 Å². The number of benzene rings is 2. The largest absolute Gasteiger partial charge is 0.489 e. The number of urea groups is 1. The van der Waals surface area contributed by atoms with Gasteiger partial charge in [-0.25, -0.2) is 4.79 Å². The van der Waals surface area contributed by atoms with Gasteiger partial charge in [0.05, 0.1) is 4.92 Å². The quantitative estimate of drug-likeness (QED) is 0.321. The van der Waals surface area contributed by atoms with E-state index in [0.29, 0.717) is 11.3 Å². The second-order valence-electron chi connectivity index (χ2n) is 7.71. The third kappa shape index (κ3) is 4.51. The van der Waals surface area contributed by atoms with Gasteiger partial charge < -0.3 is 4.74 Å². The fourth-order valence-corrected chi connectivity index (χ4v) is 3.87. The highest BCUT2D eigenvalue weighted by Gasteiger charge is 2.40. The molecule has 0 spiro atoms. The average molecular weight is 435 g/mol. The summed E-state index contributed by atoms with van der Waals surface area (Å²) in [4.78, 5) is 48.7. The van der Waals surface area contributed by atoms with Crippen LogP contribution >= 0.6 is 0 Å². The molecule has 1 N–H and O–H groups in total. The molecule has 1 saturated heterocycles. The Morgan fingerprint density at radius 3 is 2.31 bits per heavy atom. The maximum atomic E-state index is 12.8. The van der Waals surface area contributed by atoms with Crippen molar-refractivity contribution >= 4 is 29.6 Å². The van der Waals surface area contributed by atoms with E-state index in [9.17, 15) is 24.5 Å². The van der Waals surface area contributed by atoms with Crippen molar-refractivity contribution in [3.63, 3.8) is 0 Å². The number of nitrogens with one attached hydrogen (secondary N) is 1. The molecule has 2 aromatic rings. The van der Waals surface area contributed by atoms with Crippen LogP contribution in [0.15, 0.2) is 54.1 Å². The molecule has 9 nitrogen and oxygen atoms in total. The molecule has 0 bridgehead atoms. The van der Waals surface area contributed by atoms with Crippen LogP contribution in [0.3, 0.4) is 0 Å². The van der Waals surface area contributed by atoms with E-state index in [1.54, 1.807) is 36.4 Å². The minimum Gasteiger partial charge on any atom is -0.489 e. The van der Waals surface area contributed by atoms with Crippen LogP contribution < -0.4 is 10.1 Å². The van der Waals surface area contributed by atoms with E-state index >= 15 is 0 Å². The van der Waals surface area contributed by atoms with E-state index in [1.165, 1.54) is 23.1 Å². The number of nitrogens with zero attached hydrogens (tertiary/aromatic N) is 2. The number of imide groups is 2. The van der Waals surface area contributed by atoms with Crippen molar-refractivity contribution in [1.29, 1.82) is 0 Å². The predicted octanol–water partition coefficient (Wildman–Crippen LogP) is 3.58. The summed E-state index contributed by atoms with van der Waals surface area (Å²) in [7, 11) is 0. The van der Waals surface area contributed by atoms with Gasteiger partial charge in [-0.1, -0.05) is 25.0 Å². The number of nitro benzene ring substituents is 1. The first-order chi connectivity index (χ1) is 15.4. The Morgan fingerprint density at radius 1 is 1.03 bits per heavy atom. The summed E-state index contributed by atoms with van der Waals surface area (Å²) in [6.45, 7) is 0.234. The molecule has 164 valence electrons. The topological polar surface area (TPSA) is 119 Å². The van der Waals surface area contributed by atoms with E-state index in [0.717, 1.165) is 31.2 Å². The SMILES string of the molecule is O=C1NC(=O)N(C2CCCC2)C(=O)/C1=C/c1ccc(OCc2ccc([N+](=O)[O-])cc2)cc1. The smallest absolute Gasteiger partial charge is 0.331 e. The van der Waals surface area contributed by atoms with Crippen molar-refractivity contribution in [3.8, 4) is 5.75 Å². The fourth-order valence-electron chi connectivity index (χ4n) is 3.87. The van der Waals surface area contributed by atoms with E-state index in [4.69, 9.17) is 4.74 Å². The lowest BCUT2D eigenvalue weighted by Crippen LogP contribution is -2.57. The first-order valence-electron chi connectivity index (χ1n) is 10.3. The Bertz CT molecular complexity index is 1090.